The number of benzene rings is 2. The van der Waals surface area contributed by atoms with E-state index in [0.717, 1.165) is 30.4 Å². The highest BCUT2D eigenvalue weighted by molar-refractivity contribution is 7.98. The van der Waals surface area contributed by atoms with Crippen molar-refractivity contribution in [3.05, 3.63) is 80.3 Å². The van der Waals surface area contributed by atoms with E-state index in [1.807, 2.05) is 38.1 Å². The number of nitrogens with zero attached hydrogens (tertiary/aromatic N) is 5. The largest absolute Gasteiger partial charge is 0.431 e. The summed E-state index contributed by atoms with van der Waals surface area (Å²) in [4.78, 5) is 37.5. The third-order valence-electron chi connectivity index (χ3n) is 7.36. The van der Waals surface area contributed by atoms with E-state index in [9.17, 15) is 18.0 Å². The minimum absolute atomic E-state index is 0.204. The van der Waals surface area contributed by atoms with Gasteiger partial charge in [-0.3, -0.25) is 14.3 Å². The topological polar surface area (TPSA) is 136 Å². The van der Waals surface area contributed by atoms with Crippen LogP contribution in [0.3, 0.4) is 0 Å². The van der Waals surface area contributed by atoms with Crippen LogP contribution in [0.4, 0.5) is 0 Å². The molecule has 0 saturated carbocycles. The van der Waals surface area contributed by atoms with Crippen molar-refractivity contribution in [2.75, 3.05) is 13.1 Å². The SMILES string of the molecule is CCn1c(CSc2nc3cc(S(=O)(=O)N4CCCCC4)ccc3o2)nc2c1c(=O)[nH]c(=O)n2Cc1ccc(C)cc1. The minimum atomic E-state index is -3.59. The molecule has 0 unspecified atom stereocenters. The quantitative estimate of drug-likeness (QED) is 0.268. The van der Waals surface area contributed by atoms with E-state index in [4.69, 9.17) is 9.40 Å². The van der Waals surface area contributed by atoms with E-state index >= 15 is 0 Å². The predicted molar refractivity (Wildman–Crippen MR) is 157 cm³/mol. The van der Waals surface area contributed by atoms with Crippen LogP contribution in [0.2, 0.25) is 0 Å². The Balaban J connectivity index is 1.29. The Morgan fingerprint density at radius 3 is 2.49 bits per heavy atom. The van der Waals surface area contributed by atoms with Gasteiger partial charge in [0.1, 0.15) is 11.3 Å². The number of aryl methyl sites for hydroxylation is 2. The number of sulfonamides is 1. The summed E-state index contributed by atoms with van der Waals surface area (Å²) in [5.41, 5.74) is 2.62. The average molecular weight is 595 g/mol. The number of H-pyrrole nitrogens is 1. The molecule has 0 radical (unpaired) electrons. The van der Waals surface area contributed by atoms with Gasteiger partial charge in [0.05, 0.1) is 17.2 Å². The van der Waals surface area contributed by atoms with Crippen LogP contribution < -0.4 is 11.2 Å². The molecule has 11 nitrogen and oxygen atoms in total. The first-order chi connectivity index (χ1) is 19.7. The number of nitrogens with one attached hydrogen (secondary N) is 1. The zero-order valence-corrected chi connectivity index (χ0v) is 24.4. The first-order valence-corrected chi connectivity index (χ1v) is 16.0. The van der Waals surface area contributed by atoms with Gasteiger partial charge in [-0.15, -0.1) is 0 Å². The number of piperidine rings is 1. The standard InChI is InChI=1S/C28H30N6O5S2/c1-3-33-23(30-25-24(33)26(35)31-27(36)34(25)16-19-9-7-18(2)8-10-19)17-40-28-29-21-15-20(11-12-22(21)39-28)41(37,38)32-13-5-4-6-14-32/h7-12,15H,3-6,13-14,16-17H2,1-2H3,(H,31,35,36). The van der Waals surface area contributed by atoms with Crippen molar-refractivity contribution in [3.63, 3.8) is 0 Å². The number of thioether (sulfide) groups is 1. The van der Waals surface area contributed by atoms with Gasteiger partial charge in [-0.2, -0.15) is 4.31 Å². The summed E-state index contributed by atoms with van der Waals surface area (Å²) in [6.07, 6.45) is 2.77. The Morgan fingerprint density at radius 1 is 1.00 bits per heavy atom. The van der Waals surface area contributed by atoms with Crippen molar-refractivity contribution in [3.8, 4) is 0 Å². The number of rotatable bonds is 8. The van der Waals surface area contributed by atoms with Crippen molar-refractivity contribution in [1.29, 1.82) is 0 Å². The number of imidazole rings is 1. The molecule has 0 aliphatic carbocycles. The summed E-state index contributed by atoms with van der Waals surface area (Å²) >= 11 is 1.29. The molecule has 4 heterocycles. The molecule has 5 aromatic rings. The van der Waals surface area contributed by atoms with Crippen molar-refractivity contribution in [1.82, 2.24) is 28.4 Å². The van der Waals surface area contributed by atoms with E-state index in [1.165, 1.54) is 20.6 Å². The average Bonchev–Trinajstić information content (AvgIpc) is 3.56. The molecule has 1 fully saturated rings. The summed E-state index contributed by atoms with van der Waals surface area (Å²) in [6, 6.07) is 12.6. The van der Waals surface area contributed by atoms with Crippen LogP contribution in [0.25, 0.3) is 22.3 Å². The van der Waals surface area contributed by atoms with Crippen LogP contribution >= 0.6 is 11.8 Å². The second-order valence-electron chi connectivity index (χ2n) is 10.1. The van der Waals surface area contributed by atoms with Gasteiger partial charge in [0, 0.05) is 19.6 Å². The summed E-state index contributed by atoms with van der Waals surface area (Å²) in [7, 11) is -3.59. The van der Waals surface area contributed by atoms with E-state index in [1.54, 1.807) is 22.8 Å². The Kier molecular flexibility index (Phi) is 7.34. The molecule has 214 valence electrons. The third kappa shape index (κ3) is 5.24. The van der Waals surface area contributed by atoms with E-state index in [0.29, 0.717) is 58.7 Å². The number of hydrogen-bond acceptors (Lipinski definition) is 8. The van der Waals surface area contributed by atoms with Crippen LogP contribution in [-0.4, -0.2) is 49.9 Å². The summed E-state index contributed by atoms with van der Waals surface area (Å²) < 4.78 is 36.9. The third-order valence-corrected chi connectivity index (χ3v) is 10.1. The van der Waals surface area contributed by atoms with Gasteiger partial charge in [-0.05, 0) is 50.5 Å². The molecule has 1 saturated heterocycles. The van der Waals surface area contributed by atoms with Gasteiger partial charge in [0.15, 0.2) is 16.7 Å². The lowest BCUT2D eigenvalue weighted by Gasteiger charge is -2.25. The molecular formula is C28H30N6O5S2. The number of aromatic nitrogens is 5. The molecule has 1 N–H and O–H groups in total. The number of fused-ring (bicyclic) bond motifs is 2. The fraction of sp³-hybridized carbons (Fsp3) is 0.357. The molecule has 2 aromatic carbocycles. The highest BCUT2D eigenvalue weighted by Gasteiger charge is 2.27. The number of hydrogen-bond donors (Lipinski definition) is 1. The first-order valence-electron chi connectivity index (χ1n) is 13.6. The number of aromatic amines is 1. The van der Waals surface area contributed by atoms with Crippen molar-refractivity contribution < 1.29 is 12.8 Å². The first kappa shape index (κ1) is 27.5. The van der Waals surface area contributed by atoms with Gasteiger partial charge < -0.3 is 8.98 Å². The molecule has 1 aliphatic rings. The number of oxazole rings is 1. The van der Waals surface area contributed by atoms with Crippen molar-refractivity contribution in [2.45, 2.75) is 62.1 Å². The lowest BCUT2D eigenvalue weighted by molar-refractivity contribution is 0.346. The van der Waals surface area contributed by atoms with Gasteiger partial charge in [0.2, 0.25) is 10.0 Å². The minimum Gasteiger partial charge on any atom is -0.431 e. The van der Waals surface area contributed by atoms with Crippen molar-refractivity contribution in [2.24, 2.45) is 0 Å². The van der Waals surface area contributed by atoms with Crippen molar-refractivity contribution >= 4 is 44.0 Å². The molecule has 41 heavy (non-hydrogen) atoms. The Labute approximate surface area is 240 Å². The van der Waals surface area contributed by atoms with Crippen LogP contribution in [0, 0.1) is 6.92 Å². The highest BCUT2D eigenvalue weighted by atomic mass is 32.2. The normalized spacial score (nSPS) is 14.8. The van der Waals surface area contributed by atoms with Crippen LogP contribution in [-0.2, 0) is 28.9 Å². The maximum Gasteiger partial charge on any atom is 0.330 e. The lowest BCUT2D eigenvalue weighted by atomic mass is 10.1. The lowest BCUT2D eigenvalue weighted by Crippen LogP contribution is -2.35. The monoisotopic (exact) mass is 594 g/mol. The highest BCUT2D eigenvalue weighted by Crippen LogP contribution is 2.29. The van der Waals surface area contributed by atoms with Gasteiger partial charge >= 0.3 is 5.69 Å². The maximum absolute atomic E-state index is 13.1. The molecule has 0 bridgehead atoms. The molecule has 1 aliphatic heterocycles. The van der Waals surface area contributed by atoms with Gasteiger partial charge in [0.25, 0.3) is 10.8 Å². The fourth-order valence-electron chi connectivity index (χ4n) is 5.18. The summed E-state index contributed by atoms with van der Waals surface area (Å²) in [5, 5.41) is 0.355. The molecular weight excluding hydrogens is 564 g/mol. The molecule has 0 amide bonds. The fourth-order valence-corrected chi connectivity index (χ4v) is 7.50. The Hall–Kier alpha value is -3.68. The molecule has 13 heteroatoms. The maximum atomic E-state index is 13.1. The van der Waals surface area contributed by atoms with Crippen LogP contribution in [0.5, 0.6) is 0 Å². The zero-order chi connectivity index (χ0) is 28.7. The smallest absolute Gasteiger partial charge is 0.330 e. The molecule has 6 rings (SSSR count). The second-order valence-corrected chi connectivity index (χ2v) is 13.0. The van der Waals surface area contributed by atoms with E-state index in [2.05, 4.69) is 9.97 Å². The second kappa shape index (κ2) is 11.0. The van der Waals surface area contributed by atoms with Crippen LogP contribution in [0.15, 0.2) is 66.6 Å². The van der Waals surface area contributed by atoms with E-state index < -0.39 is 21.3 Å². The van der Waals surface area contributed by atoms with Gasteiger partial charge in [-0.1, -0.05) is 48.0 Å². The molecule has 0 spiro atoms. The van der Waals surface area contributed by atoms with E-state index in [-0.39, 0.29) is 11.4 Å². The molecule has 3 aromatic heterocycles. The summed E-state index contributed by atoms with van der Waals surface area (Å²) in [6.45, 7) is 5.71. The molecule has 0 atom stereocenters. The van der Waals surface area contributed by atoms with Crippen LogP contribution in [0.1, 0.15) is 43.1 Å². The Bertz CT molecular complexity index is 1970. The zero-order valence-electron chi connectivity index (χ0n) is 22.8. The predicted octanol–water partition coefficient (Wildman–Crippen LogP) is 3.87. The van der Waals surface area contributed by atoms with Gasteiger partial charge in [-0.25, -0.2) is 23.2 Å². The Morgan fingerprint density at radius 2 is 1.76 bits per heavy atom. The summed E-state index contributed by atoms with van der Waals surface area (Å²) in [5.74, 6) is 0.920.